The first-order valence-electron chi connectivity index (χ1n) is 10.7. The van der Waals surface area contributed by atoms with Crippen LogP contribution in [0.15, 0.2) is 48.5 Å². The van der Waals surface area contributed by atoms with Crippen molar-refractivity contribution in [1.29, 1.82) is 0 Å². The number of benzene rings is 2. The van der Waals surface area contributed by atoms with Crippen LogP contribution in [-0.4, -0.2) is 53.5 Å². The fourth-order valence-corrected chi connectivity index (χ4v) is 4.70. The van der Waals surface area contributed by atoms with E-state index in [0.29, 0.717) is 12.8 Å². The second kappa shape index (κ2) is 9.40. The molecule has 0 bridgehead atoms. The molecule has 0 aliphatic heterocycles. The number of aliphatic hydroxyl groups is 1. The summed E-state index contributed by atoms with van der Waals surface area (Å²) in [6.07, 6.45) is 1.24. The summed E-state index contributed by atoms with van der Waals surface area (Å²) in [6.45, 7) is -0.521. The first-order chi connectivity index (χ1) is 15.5. The lowest BCUT2D eigenvalue weighted by molar-refractivity contribution is -0.143. The van der Waals surface area contributed by atoms with Gasteiger partial charge >= 0.3 is 12.1 Å². The van der Waals surface area contributed by atoms with E-state index >= 15 is 0 Å². The summed E-state index contributed by atoms with van der Waals surface area (Å²) in [5.41, 5.74) is 4.51. The third kappa shape index (κ3) is 4.31. The minimum Gasteiger partial charge on any atom is -0.480 e. The molecule has 2 aromatic carbocycles. The maximum absolute atomic E-state index is 12.5. The largest absolute Gasteiger partial charge is 0.480 e. The van der Waals surface area contributed by atoms with E-state index in [1.54, 1.807) is 0 Å². The average molecular weight is 438 g/mol. The molecule has 0 aromatic heterocycles. The molecule has 0 spiro atoms. The summed E-state index contributed by atoms with van der Waals surface area (Å²) in [5, 5.41) is 23.3. The summed E-state index contributed by atoms with van der Waals surface area (Å²) in [7, 11) is 0. The van der Waals surface area contributed by atoms with Gasteiger partial charge in [-0.25, -0.2) is 9.59 Å². The standard InChI is InChI=1S/C24H26N2O6/c27-12-21(23(29)30)25-22(28)18-10-5-11-20(18)26-24(31)32-13-19-16-8-3-1-6-14(16)15-7-2-4-9-17(15)19/h1-4,6-9,18-21,27H,5,10-13H2,(H,25,28)(H,26,31)(H,29,30). The topological polar surface area (TPSA) is 125 Å². The van der Waals surface area contributed by atoms with E-state index in [1.807, 2.05) is 36.4 Å². The highest BCUT2D eigenvalue weighted by Crippen LogP contribution is 2.44. The molecular weight excluding hydrogens is 412 g/mol. The third-order valence-electron chi connectivity index (χ3n) is 6.30. The number of carbonyl (C=O) groups is 3. The Balaban J connectivity index is 1.37. The van der Waals surface area contributed by atoms with Gasteiger partial charge in [0.25, 0.3) is 0 Å². The lowest BCUT2D eigenvalue weighted by Gasteiger charge is -2.22. The monoisotopic (exact) mass is 438 g/mol. The number of aliphatic hydroxyl groups excluding tert-OH is 1. The van der Waals surface area contributed by atoms with E-state index in [4.69, 9.17) is 14.9 Å². The van der Waals surface area contributed by atoms with Crippen molar-refractivity contribution in [2.24, 2.45) is 5.92 Å². The molecule has 2 amide bonds. The molecular formula is C24H26N2O6. The third-order valence-corrected chi connectivity index (χ3v) is 6.30. The Morgan fingerprint density at radius 2 is 1.62 bits per heavy atom. The molecule has 4 N–H and O–H groups in total. The lowest BCUT2D eigenvalue weighted by Crippen LogP contribution is -2.50. The van der Waals surface area contributed by atoms with Gasteiger partial charge in [-0.2, -0.15) is 0 Å². The van der Waals surface area contributed by atoms with Gasteiger partial charge in [0.05, 0.1) is 12.5 Å². The van der Waals surface area contributed by atoms with Crippen molar-refractivity contribution in [2.45, 2.75) is 37.3 Å². The fraction of sp³-hybridized carbons (Fsp3) is 0.375. The average Bonchev–Trinajstić information content (AvgIpc) is 3.38. The molecule has 2 aliphatic rings. The van der Waals surface area contributed by atoms with Crippen LogP contribution < -0.4 is 10.6 Å². The Morgan fingerprint density at radius 1 is 1.00 bits per heavy atom. The van der Waals surface area contributed by atoms with Gasteiger partial charge in [-0.05, 0) is 35.1 Å². The van der Waals surface area contributed by atoms with Crippen LogP contribution in [0.2, 0.25) is 0 Å². The van der Waals surface area contributed by atoms with Crippen LogP contribution in [0.1, 0.15) is 36.3 Å². The second-order valence-corrected chi connectivity index (χ2v) is 8.20. The summed E-state index contributed by atoms with van der Waals surface area (Å²) in [5.74, 6) is -2.42. The zero-order valence-corrected chi connectivity index (χ0v) is 17.5. The zero-order valence-electron chi connectivity index (χ0n) is 17.5. The predicted molar refractivity (Wildman–Crippen MR) is 116 cm³/mol. The number of rotatable bonds is 7. The number of amides is 2. The highest BCUT2D eigenvalue weighted by Gasteiger charge is 2.36. The van der Waals surface area contributed by atoms with Gasteiger partial charge in [0.15, 0.2) is 0 Å². The molecule has 3 atom stereocenters. The SMILES string of the molecule is O=C(NC1CCCC1C(=O)NC(CO)C(=O)O)OCC1c2ccccc2-c2ccccc21. The molecule has 2 aliphatic carbocycles. The highest BCUT2D eigenvalue weighted by molar-refractivity contribution is 5.86. The number of nitrogens with one attached hydrogen (secondary N) is 2. The Labute approximate surface area is 185 Å². The Morgan fingerprint density at radius 3 is 2.22 bits per heavy atom. The number of carbonyl (C=O) groups excluding carboxylic acids is 2. The maximum Gasteiger partial charge on any atom is 0.407 e. The maximum atomic E-state index is 12.5. The van der Waals surface area contributed by atoms with E-state index in [9.17, 15) is 14.4 Å². The van der Waals surface area contributed by atoms with Crippen molar-refractivity contribution in [3.8, 4) is 11.1 Å². The number of carboxylic acids is 1. The molecule has 8 heteroatoms. The van der Waals surface area contributed by atoms with Crippen LogP contribution in [0.3, 0.4) is 0 Å². The van der Waals surface area contributed by atoms with Crippen molar-refractivity contribution in [2.75, 3.05) is 13.2 Å². The lowest BCUT2D eigenvalue weighted by atomic mass is 9.98. The van der Waals surface area contributed by atoms with E-state index in [2.05, 4.69) is 22.8 Å². The number of aliphatic carboxylic acids is 1. The van der Waals surface area contributed by atoms with Crippen LogP contribution >= 0.6 is 0 Å². The van der Waals surface area contributed by atoms with Gasteiger partial charge in [0.1, 0.15) is 12.6 Å². The van der Waals surface area contributed by atoms with Crippen molar-refractivity contribution < 1.29 is 29.3 Å². The molecule has 4 rings (SSSR count). The highest BCUT2D eigenvalue weighted by atomic mass is 16.5. The Kier molecular flexibility index (Phi) is 6.41. The summed E-state index contributed by atoms with van der Waals surface area (Å²) >= 11 is 0. The molecule has 0 saturated heterocycles. The molecule has 8 nitrogen and oxygen atoms in total. The van der Waals surface area contributed by atoms with Crippen LogP contribution in [0.25, 0.3) is 11.1 Å². The molecule has 32 heavy (non-hydrogen) atoms. The molecule has 0 radical (unpaired) electrons. The fourth-order valence-electron chi connectivity index (χ4n) is 4.70. The number of carboxylic acid groups (broad SMARTS) is 1. The minimum atomic E-state index is -1.36. The summed E-state index contributed by atoms with van der Waals surface area (Å²) in [4.78, 5) is 36.1. The van der Waals surface area contributed by atoms with Crippen molar-refractivity contribution in [3.63, 3.8) is 0 Å². The first kappa shape index (κ1) is 21.8. The number of hydrogen-bond acceptors (Lipinski definition) is 5. The van der Waals surface area contributed by atoms with Crippen LogP contribution in [0.5, 0.6) is 0 Å². The Bertz CT molecular complexity index is 978. The van der Waals surface area contributed by atoms with Crippen LogP contribution in [0, 0.1) is 5.92 Å². The number of hydrogen-bond donors (Lipinski definition) is 4. The Hall–Kier alpha value is -3.39. The number of alkyl carbamates (subject to hydrolysis) is 1. The number of fused-ring (bicyclic) bond motifs is 3. The van der Waals surface area contributed by atoms with Gasteiger partial charge < -0.3 is 25.6 Å². The number of ether oxygens (including phenoxy) is 1. The molecule has 3 unspecified atom stereocenters. The van der Waals surface area contributed by atoms with Crippen LogP contribution in [-0.2, 0) is 14.3 Å². The van der Waals surface area contributed by atoms with E-state index in [-0.39, 0.29) is 12.5 Å². The van der Waals surface area contributed by atoms with Gasteiger partial charge in [-0.15, -0.1) is 0 Å². The molecule has 1 saturated carbocycles. The van der Waals surface area contributed by atoms with E-state index in [0.717, 1.165) is 28.7 Å². The van der Waals surface area contributed by atoms with Crippen molar-refractivity contribution in [1.82, 2.24) is 10.6 Å². The quantitative estimate of drug-likeness (QED) is 0.526. The minimum absolute atomic E-state index is 0.0586. The summed E-state index contributed by atoms with van der Waals surface area (Å²) < 4.78 is 5.55. The van der Waals surface area contributed by atoms with Gasteiger partial charge in [-0.1, -0.05) is 55.0 Å². The molecule has 0 heterocycles. The zero-order chi connectivity index (χ0) is 22.7. The smallest absolute Gasteiger partial charge is 0.407 e. The van der Waals surface area contributed by atoms with Gasteiger partial charge in [0, 0.05) is 12.0 Å². The first-order valence-corrected chi connectivity index (χ1v) is 10.7. The van der Waals surface area contributed by atoms with Gasteiger partial charge in [-0.3, -0.25) is 4.79 Å². The molecule has 168 valence electrons. The van der Waals surface area contributed by atoms with Crippen LogP contribution in [0.4, 0.5) is 4.79 Å². The van der Waals surface area contributed by atoms with Gasteiger partial charge in [0.2, 0.25) is 5.91 Å². The van der Waals surface area contributed by atoms with Crippen molar-refractivity contribution >= 4 is 18.0 Å². The van der Waals surface area contributed by atoms with E-state index < -0.39 is 42.6 Å². The predicted octanol–water partition coefficient (Wildman–Crippen LogP) is 2.26. The summed E-state index contributed by atoms with van der Waals surface area (Å²) in [6, 6.07) is 14.3. The second-order valence-electron chi connectivity index (χ2n) is 8.20. The van der Waals surface area contributed by atoms with Crippen molar-refractivity contribution in [3.05, 3.63) is 59.7 Å². The molecule has 2 aromatic rings. The van der Waals surface area contributed by atoms with E-state index in [1.165, 1.54) is 0 Å². The normalized spacial score (nSPS) is 20.2. The molecule has 1 fully saturated rings.